The summed E-state index contributed by atoms with van der Waals surface area (Å²) in [4.78, 5) is 13.5. The molecule has 0 unspecified atom stereocenters. The highest BCUT2D eigenvalue weighted by Crippen LogP contribution is 2.22. The van der Waals surface area contributed by atoms with E-state index in [-0.39, 0.29) is 31.7 Å². The van der Waals surface area contributed by atoms with Crippen LogP contribution in [0, 0.1) is 6.92 Å². The first kappa shape index (κ1) is 19.0. The molecule has 0 aliphatic carbocycles. The Bertz CT molecular complexity index is 688. The van der Waals surface area contributed by atoms with Crippen LogP contribution in [0.5, 0.6) is 5.75 Å². The van der Waals surface area contributed by atoms with Gasteiger partial charge in [-0.15, -0.1) is 22.6 Å². The Hall–Kier alpha value is -2.32. The van der Waals surface area contributed by atoms with Crippen LogP contribution in [0.3, 0.4) is 0 Å². The van der Waals surface area contributed by atoms with Crippen LogP contribution >= 0.6 is 12.4 Å². The average molecular weight is 369 g/mol. The number of halogens is 1. The number of benzene rings is 1. The van der Waals surface area contributed by atoms with Gasteiger partial charge >= 0.3 is 6.09 Å². The molecule has 1 saturated heterocycles. The van der Waals surface area contributed by atoms with Crippen LogP contribution in [0.2, 0.25) is 0 Å². The van der Waals surface area contributed by atoms with Gasteiger partial charge in [-0.3, -0.25) is 0 Å². The van der Waals surface area contributed by atoms with Crippen molar-refractivity contribution in [1.82, 2.24) is 20.4 Å². The molecule has 136 valence electrons. The zero-order chi connectivity index (χ0) is 16.8. The first-order valence-electron chi connectivity index (χ1n) is 7.88. The molecule has 1 amide bonds. The lowest BCUT2D eigenvalue weighted by Crippen LogP contribution is -2.46. The number of carbonyl (C=O) groups is 1. The third-order valence-electron chi connectivity index (χ3n) is 3.56. The first-order valence-corrected chi connectivity index (χ1v) is 7.88. The molecule has 1 aromatic heterocycles. The average Bonchev–Trinajstić information content (AvgIpc) is 3.06. The third-order valence-corrected chi connectivity index (χ3v) is 3.56. The summed E-state index contributed by atoms with van der Waals surface area (Å²) in [6.45, 7) is 5.16. The lowest BCUT2D eigenvalue weighted by atomic mass is 10.2. The number of nitrogens with zero attached hydrogens (tertiary/aromatic N) is 3. The number of hydrogen-bond acceptors (Lipinski definition) is 7. The van der Waals surface area contributed by atoms with Gasteiger partial charge in [-0.1, -0.05) is 6.07 Å². The van der Waals surface area contributed by atoms with Gasteiger partial charge in [0.05, 0.1) is 0 Å². The van der Waals surface area contributed by atoms with E-state index in [1.807, 2.05) is 24.3 Å². The number of aromatic nitrogens is 2. The van der Waals surface area contributed by atoms with E-state index in [0.29, 0.717) is 30.6 Å². The maximum absolute atomic E-state index is 11.8. The number of rotatable bonds is 5. The quantitative estimate of drug-likeness (QED) is 0.806. The molecule has 2 aromatic rings. The second-order valence-electron chi connectivity index (χ2n) is 5.35. The molecule has 1 aliphatic heterocycles. The number of hydrogen-bond donors (Lipinski definition) is 1. The molecule has 1 aliphatic rings. The van der Waals surface area contributed by atoms with Gasteiger partial charge in [0.2, 0.25) is 11.8 Å². The van der Waals surface area contributed by atoms with E-state index in [1.165, 1.54) is 0 Å². The van der Waals surface area contributed by atoms with E-state index in [4.69, 9.17) is 13.9 Å². The summed E-state index contributed by atoms with van der Waals surface area (Å²) in [6, 6.07) is 7.34. The normalized spacial score (nSPS) is 13.9. The van der Waals surface area contributed by atoms with E-state index in [2.05, 4.69) is 15.5 Å². The topological polar surface area (TPSA) is 89.7 Å². The number of nitrogens with one attached hydrogen (secondary N) is 1. The maximum Gasteiger partial charge on any atom is 0.409 e. The van der Waals surface area contributed by atoms with Gasteiger partial charge in [-0.05, 0) is 18.2 Å². The largest absolute Gasteiger partial charge is 0.490 e. The maximum atomic E-state index is 11.8. The van der Waals surface area contributed by atoms with Crippen LogP contribution in [-0.4, -0.2) is 60.6 Å². The fraction of sp³-hybridized carbons (Fsp3) is 0.438. The Morgan fingerprint density at radius 3 is 2.80 bits per heavy atom. The molecular weight excluding hydrogens is 348 g/mol. The van der Waals surface area contributed by atoms with Crippen molar-refractivity contribution in [3.8, 4) is 17.2 Å². The Morgan fingerprint density at radius 2 is 2.08 bits per heavy atom. The molecule has 0 bridgehead atoms. The summed E-state index contributed by atoms with van der Waals surface area (Å²) in [5.41, 5.74) is 0.783. The summed E-state index contributed by atoms with van der Waals surface area (Å²) in [7, 11) is 0. The van der Waals surface area contributed by atoms with E-state index < -0.39 is 0 Å². The second-order valence-corrected chi connectivity index (χ2v) is 5.35. The van der Waals surface area contributed by atoms with Crippen LogP contribution in [0.15, 0.2) is 28.7 Å². The Kier molecular flexibility index (Phi) is 7.03. The van der Waals surface area contributed by atoms with Crippen molar-refractivity contribution in [2.24, 2.45) is 0 Å². The van der Waals surface area contributed by atoms with Gasteiger partial charge in [0.25, 0.3) is 0 Å². The Balaban J connectivity index is 0.00000225. The summed E-state index contributed by atoms with van der Waals surface area (Å²) < 4.78 is 16.2. The number of aryl methyl sites for hydroxylation is 1. The van der Waals surface area contributed by atoms with E-state index in [0.717, 1.165) is 18.7 Å². The van der Waals surface area contributed by atoms with Gasteiger partial charge < -0.3 is 24.1 Å². The Labute approximate surface area is 151 Å². The zero-order valence-electron chi connectivity index (χ0n) is 13.9. The van der Waals surface area contributed by atoms with Gasteiger partial charge in [0.15, 0.2) is 0 Å². The van der Waals surface area contributed by atoms with Gasteiger partial charge in [-0.2, -0.15) is 0 Å². The minimum Gasteiger partial charge on any atom is -0.490 e. The SMILES string of the molecule is Cc1nnc(-c2cccc(OCCOC(=O)N3CCNCC3)c2)o1.Cl. The van der Waals surface area contributed by atoms with Crippen molar-refractivity contribution in [3.63, 3.8) is 0 Å². The summed E-state index contributed by atoms with van der Waals surface area (Å²) in [5.74, 6) is 1.61. The summed E-state index contributed by atoms with van der Waals surface area (Å²) in [6.07, 6.45) is -0.296. The highest BCUT2D eigenvalue weighted by molar-refractivity contribution is 5.85. The molecule has 0 saturated carbocycles. The van der Waals surface area contributed by atoms with Crippen LogP contribution in [-0.2, 0) is 4.74 Å². The van der Waals surface area contributed by atoms with Crippen molar-refractivity contribution in [3.05, 3.63) is 30.2 Å². The fourth-order valence-electron chi connectivity index (χ4n) is 2.36. The fourth-order valence-corrected chi connectivity index (χ4v) is 2.36. The molecule has 1 N–H and O–H groups in total. The molecule has 25 heavy (non-hydrogen) atoms. The van der Waals surface area contributed by atoms with Crippen LogP contribution < -0.4 is 10.1 Å². The van der Waals surface area contributed by atoms with Gasteiger partial charge in [-0.25, -0.2) is 4.79 Å². The highest BCUT2D eigenvalue weighted by atomic mass is 35.5. The lowest BCUT2D eigenvalue weighted by molar-refractivity contribution is 0.0844. The summed E-state index contributed by atoms with van der Waals surface area (Å²) >= 11 is 0. The smallest absolute Gasteiger partial charge is 0.409 e. The molecule has 8 nitrogen and oxygen atoms in total. The predicted molar refractivity (Wildman–Crippen MR) is 93.0 cm³/mol. The number of amides is 1. The predicted octanol–water partition coefficient (Wildman–Crippen LogP) is 1.89. The molecule has 3 rings (SSSR count). The van der Waals surface area contributed by atoms with Crippen molar-refractivity contribution in [2.75, 3.05) is 39.4 Å². The first-order chi connectivity index (χ1) is 11.7. The molecule has 1 aromatic carbocycles. The molecular formula is C16H21ClN4O4. The monoisotopic (exact) mass is 368 g/mol. The zero-order valence-corrected chi connectivity index (χ0v) is 14.8. The number of piperazine rings is 1. The standard InChI is InChI=1S/C16H20N4O4.ClH/c1-12-18-19-15(24-12)13-3-2-4-14(11-13)22-9-10-23-16(21)20-7-5-17-6-8-20;/h2-4,11,17H,5-10H2,1H3;1H. The third kappa shape index (κ3) is 5.33. The van der Waals surface area contributed by atoms with Crippen LogP contribution in [0.4, 0.5) is 4.79 Å². The molecule has 2 heterocycles. The molecule has 0 radical (unpaired) electrons. The van der Waals surface area contributed by atoms with Crippen molar-refractivity contribution in [2.45, 2.75) is 6.92 Å². The molecule has 0 spiro atoms. The molecule has 1 fully saturated rings. The Morgan fingerprint density at radius 1 is 1.28 bits per heavy atom. The summed E-state index contributed by atoms with van der Waals surface area (Å²) in [5, 5.41) is 11.0. The minimum absolute atomic E-state index is 0. The van der Waals surface area contributed by atoms with E-state index in [9.17, 15) is 4.79 Å². The second kappa shape index (κ2) is 9.24. The highest BCUT2D eigenvalue weighted by Gasteiger charge is 2.17. The lowest BCUT2D eigenvalue weighted by Gasteiger charge is -2.26. The minimum atomic E-state index is -0.296. The van der Waals surface area contributed by atoms with Gasteiger partial charge in [0, 0.05) is 38.7 Å². The van der Waals surface area contributed by atoms with E-state index in [1.54, 1.807) is 11.8 Å². The molecule has 9 heteroatoms. The van der Waals surface area contributed by atoms with E-state index >= 15 is 0 Å². The number of ether oxygens (including phenoxy) is 2. The van der Waals surface area contributed by atoms with Crippen molar-refractivity contribution < 1.29 is 18.7 Å². The van der Waals surface area contributed by atoms with Crippen molar-refractivity contribution >= 4 is 18.5 Å². The van der Waals surface area contributed by atoms with Crippen LogP contribution in [0.25, 0.3) is 11.5 Å². The molecule has 0 atom stereocenters. The van der Waals surface area contributed by atoms with Gasteiger partial charge in [0.1, 0.15) is 19.0 Å². The van der Waals surface area contributed by atoms with Crippen molar-refractivity contribution in [1.29, 1.82) is 0 Å². The van der Waals surface area contributed by atoms with Crippen LogP contribution in [0.1, 0.15) is 5.89 Å². The number of carbonyl (C=O) groups excluding carboxylic acids is 1.